The molecule has 4 heterocycles. The lowest BCUT2D eigenvalue weighted by Crippen LogP contribution is -2.54. The number of hydrogen-bond acceptors (Lipinski definition) is 5. The molecule has 1 spiro atoms. The Kier molecular flexibility index (Phi) is 1.83. The third-order valence-corrected chi connectivity index (χ3v) is 3.67. The maximum absolute atomic E-state index is 6.15. The molecule has 0 bridgehead atoms. The third kappa shape index (κ3) is 1.14. The highest BCUT2D eigenvalue weighted by atomic mass is 35.5. The average Bonchev–Trinajstić information content (AvgIpc) is 2.68. The molecule has 0 saturated carbocycles. The van der Waals surface area contributed by atoms with E-state index in [2.05, 4.69) is 20.5 Å². The Labute approximate surface area is 108 Å². The molecule has 2 aliphatic rings. The Morgan fingerprint density at radius 2 is 2.28 bits per heavy atom. The summed E-state index contributed by atoms with van der Waals surface area (Å²) in [6.45, 7) is 1.15. The van der Waals surface area contributed by atoms with Gasteiger partial charge in [0.2, 0.25) is 0 Å². The molecule has 2 aliphatic heterocycles. The number of anilines is 1. The van der Waals surface area contributed by atoms with Gasteiger partial charge in [-0.15, -0.1) is 0 Å². The maximum atomic E-state index is 6.15. The standard InChI is InChI=1S/C11H10ClN5O/c1-17-15-7-6-2-3-13-10(12)8(6)14-11(4-18-5-11)9(7)16-17/h2-3,14H,4-5H2,1H3. The predicted molar refractivity (Wildman–Crippen MR) is 65.4 cm³/mol. The Hall–Kier alpha value is -1.66. The summed E-state index contributed by atoms with van der Waals surface area (Å²) in [5.41, 5.74) is 3.24. The molecule has 1 N–H and O–H groups in total. The Morgan fingerprint density at radius 1 is 1.44 bits per heavy atom. The molecule has 7 heteroatoms. The quantitative estimate of drug-likeness (QED) is 0.723. The molecule has 0 unspecified atom stereocenters. The molecular formula is C11H10ClN5O. The second-order valence-corrected chi connectivity index (χ2v) is 4.97. The molecule has 0 atom stereocenters. The van der Waals surface area contributed by atoms with Crippen molar-refractivity contribution in [3.63, 3.8) is 0 Å². The lowest BCUT2D eigenvalue weighted by molar-refractivity contribution is -0.0471. The zero-order valence-electron chi connectivity index (χ0n) is 9.64. The molecule has 2 aromatic heterocycles. The summed E-state index contributed by atoms with van der Waals surface area (Å²) in [6.07, 6.45) is 1.68. The number of halogens is 1. The zero-order chi connectivity index (χ0) is 12.3. The van der Waals surface area contributed by atoms with Crippen LogP contribution < -0.4 is 5.32 Å². The second kappa shape index (κ2) is 3.21. The zero-order valence-corrected chi connectivity index (χ0v) is 10.4. The van der Waals surface area contributed by atoms with E-state index < -0.39 is 0 Å². The molecule has 4 rings (SSSR count). The van der Waals surface area contributed by atoms with E-state index in [4.69, 9.17) is 16.3 Å². The third-order valence-electron chi connectivity index (χ3n) is 3.39. The van der Waals surface area contributed by atoms with Crippen LogP contribution in [0.1, 0.15) is 5.69 Å². The van der Waals surface area contributed by atoms with Gasteiger partial charge in [0.05, 0.1) is 18.9 Å². The minimum atomic E-state index is -0.302. The van der Waals surface area contributed by atoms with Crippen LogP contribution in [0.3, 0.4) is 0 Å². The molecular weight excluding hydrogens is 254 g/mol. The number of nitrogens with one attached hydrogen (secondary N) is 1. The van der Waals surface area contributed by atoms with Crippen molar-refractivity contribution in [2.75, 3.05) is 18.5 Å². The molecule has 6 nitrogen and oxygen atoms in total. The van der Waals surface area contributed by atoms with Crippen molar-refractivity contribution in [1.29, 1.82) is 0 Å². The number of pyridine rings is 1. The van der Waals surface area contributed by atoms with E-state index >= 15 is 0 Å². The van der Waals surface area contributed by atoms with E-state index in [1.54, 1.807) is 11.0 Å². The van der Waals surface area contributed by atoms with Crippen molar-refractivity contribution in [3.05, 3.63) is 23.1 Å². The van der Waals surface area contributed by atoms with E-state index in [0.717, 1.165) is 22.6 Å². The highest BCUT2D eigenvalue weighted by Gasteiger charge is 2.48. The van der Waals surface area contributed by atoms with Crippen LogP contribution >= 0.6 is 11.6 Å². The van der Waals surface area contributed by atoms with Gasteiger partial charge in [-0.3, -0.25) is 0 Å². The van der Waals surface area contributed by atoms with Gasteiger partial charge in [0.1, 0.15) is 16.9 Å². The number of aryl methyl sites for hydroxylation is 1. The molecule has 0 aromatic carbocycles. The Bertz CT molecular complexity index is 649. The molecule has 0 amide bonds. The van der Waals surface area contributed by atoms with Crippen molar-refractivity contribution in [1.82, 2.24) is 20.0 Å². The number of hydrogen-bond donors (Lipinski definition) is 1. The summed E-state index contributed by atoms with van der Waals surface area (Å²) < 4.78 is 5.33. The van der Waals surface area contributed by atoms with Gasteiger partial charge < -0.3 is 10.1 Å². The minimum Gasteiger partial charge on any atom is -0.376 e. The first-order chi connectivity index (χ1) is 8.70. The number of aromatic nitrogens is 4. The van der Waals surface area contributed by atoms with Crippen LogP contribution in [0.25, 0.3) is 11.3 Å². The van der Waals surface area contributed by atoms with Crippen LogP contribution in [0.15, 0.2) is 12.3 Å². The second-order valence-electron chi connectivity index (χ2n) is 4.61. The van der Waals surface area contributed by atoms with Crippen molar-refractivity contribution < 1.29 is 4.74 Å². The van der Waals surface area contributed by atoms with Gasteiger partial charge in [-0.1, -0.05) is 11.6 Å². The van der Waals surface area contributed by atoms with E-state index in [-0.39, 0.29) is 5.54 Å². The van der Waals surface area contributed by atoms with E-state index in [1.165, 1.54) is 0 Å². The molecule has 1 saturated heterocycles. The van der Waals surface area contributed by atoms with Crippen molar-refractivity contribution >= 4 is 17.3 Å². The summed E-state index contributed by atoms with van der Waals surface area (Å²) in [5.74, 6) is 0. The van der Waals surface area contributed by atoms with Crippen LogP contribution in [-0.4, -0.2) is 33.2 Å². The van der Waals surface area contributed by atoms with Gasteiger partial charge >= 0.3 is 0 Å². The number of nitrogens with zero attached hydrogens (tertiary/aromatic N) is 4. The minimum absolute atomic E-state index is 0.302. The van der Waals surface area contributed by atoms with Gasteiger partial charge in [-0.2, -0.15) is 15.0 Å². The molecule has 0 radical (unpaired) electrons. The normalized spacial score (nSPS) is 18.8. The smallest absolute Gasteiger partial charge is 0.152 e. The van der Waals surface area contributed by atoms with Crippen LogP contribution in [0.5, 0.6) is 0 Å². The first-order valence-electron chi connectivity index (χ1n) is 5.62. The first-order valence-corrected chi connectivity index (χ1v) is 6.00. The van der Waals surface area contributed by atoms with Crippen LogP contribution in [-0.2, 0) is 17.3 Å². The summed E-state index contributed by atoms with van der Waals surface area (Å²) in [4.78, 5) is 5.68. The van der Waals surface area contributed by atoms with Crippen LogP contribution in [0.2, 0.25) is 5.15 Å². The monoisotopic (exact) mass is 263 g/mol. The molecule has 18 heavy (non-hydrogen) atoms. The fraction of sp³-hybridized carbons (Fsp3) is 0.364. The lowest BCUT2D eigenvalue weighted by atomic mass is 9.86. The Balaban J connectivity index is 2.03. The first kappa shape index (κ1) is 10.3. The number of rotatable bonds is 0. The Morgan fingerprint density at radius 3 is 3.00 bits per heavy atom. The van der Waals surface area contributed by atoms with Crippen molar-refractivity contribution in [2.45, 2.75) is 5.54 Å². The van der Waals surface area contributed by atoms with Gasteiger partial charge in [0.25, 0.3) is 0 Å². The molecule has 1 fully saturated rings. The van der Waals surface area contributed by atoms with E-state index in [1.807, 2.05) is 13.1 Å². The van der Waals surface area contributed by atoms with Gasteiger partial charge in [0.15, 0.2) is 5.15 Å². The van der Waals surface area contributed by atoms with Gasteiger partial charge in [0, 0.05) is 18.8 Å². The summed E-state index contributed by atoms with van der Waals surface area (Å²) in [5, 5.41) is 12.8. The fourth-order valence-corrected chi connectivity index (χ4v) is 2.68. The summed E-state index contributed by atoms with van der Waals surface area (Å²) >= 11 is 6.15. The molecule has 2 aromatic rings. The SMILES string of the molecule is Cn1nc2c(n1)C1(COC1)Nc1c-2ccnc1Cl. The molecule has 0 aliphatic carbocycles. The largest absolute Gasteiger partial charge is 0.376 e. The predicted octanol–water partition coefficient (Wildman–Crippen LogP) is 1.18. The summed E-state index contributed by atoms with van der Waals surface area (Å²) in [6, 6.07) is 1.90. The van der Waals surface area contributed by atoms with Gasteiger partial charge in [-0.05, 0) is 6.07 Å². The van der Waals surface area contributed by atoms with Crippen LogP contribution in [0.4, 0.5) is 5.69 Å². The van der Waals surface area contributed by atoms with Crippen LogP contribution in [0, 0.1) is 0 Å². The highest BCUT2D eigenvalue weighted by Crippen LogP contribution is 2.46. The summed E-state index contributed by atoms with van der Waals surface area (Å²) in [7, 11) is 1.81. The van der Waals surface area contributed by atoms with Crippen molar-refractivity contribution in [3.8, 4) is 11.3 Å². The van der Waals surface area contributed by atoms with E-state index in [0.29, 0.717) is 18.4 Å². The van der Waals surface area contributed by atoms with Crippen molar-refractivity contribution in [2.24, 2.45) is 7.05 Å². The van der Waals surface area contributed by atoms with Gasteiger partial charge in [-0.25, -0.2) is 4.98 Å². The highest BCUT2D eigenvalue weighted by molar-refractivity contribution is 6.32. The lowest BCUT2D eigenvalue weighted by Gasteiger charge is -2.44. The molecule has 92 valence electrons. The van der Waals surface area contributed by atoms with E-state index in [9.17, 15) is 0 Å². The number of ether oxygens (including phenoxy) is 1. The fourth-order valence-electron chi connectivity index (χ4n) is 2.48. The average molecular weight is 264 g/mol. The topological polar surface area (TPSA) is 64.9 Å². The maximum Gasteiger partial charge on any atom is 0.152 e. The number of fused-ring (bicyclic) bond motifs is 4.